The molecule has 3 heterocycles. The van der Waals surface area contributed by atoms with Crippen molar-refractivity contribution < 1.29 is 14.4 Å². The van der Waals surface area contributed by atoms with Crippen LogP contribution >= 0.6 is 11.6 Å². The SMILES string of the molecule is CC(C)(C)OC(=O)ON1Cc2cc(Cl)ccc2-n2c(nnc2[C@H]2CC[C@H](c3ccccn3)CC2)C1. The van der Waals surface area contributed by atoms with Crippen LogP contribution in [0.1, 0.15) is 81.2 Å². The molecular formula is C26H30ClN5O3. The number of fused-ring (bicyclic) bond motifs is 3. The molecule has 0 atom stereocenters. The first-order valence-corrected chi connectivity index (χ1v) is 12.4. The number of pyridine rings is 1. The smallest absolute Gasteiger partial charge is 0.427 e. The summed E-state index contributed by atoms with van der Waals surface area (Å²) in [7, 11) is 0. The van der Waals surface area contributed by atoms with E-state index >= 15 is 0 Å². The summed E-state index contributed by atoms with van der Waals surface area (Å²) in [5.41, 5.74) is 2.42. The van der Waals surface area contributed by atoms with Crippen molar-refractivity contribution in [1.29, 1.82) is 0 Å². The number of rotatable bonds is 3. The molecule has 5 rings (SSSR count). The highest BCUT2D eigenvalue weighted by atomic mass is 35.5. The lowest BCUT2D eigenvalue weighted by Crippen LogP contribution is -2.31. The Kier molecular flexibility index (Phi) is 6.51. The fourth-order valence-electron chi connectivity index (χ4n) is 4.97. The van der Waals surface area contributed by atoms with E-state index < -0.39 is 11.8 Å². The summed E-state index contributed by atoms with van der Waals surface area (Å²) in [6.45, 7) is 6.07. The molecule has 0 spiro atoms. The molecule has 0 amide bonds. The van der Waals surface area contributed by atoms with E-state index in [1.807, 2.05) is 30.5 Å². The molecule has 35 heavy (non-hydrogen) atoms. The molecule has 184 valence electrons. The molecule has 0 bridgehead atoms. The number of hydrogen-bond acceptors (Lipinski definition) is 7. The third kappa shape index (κ3) is 5.33. The maximum atomic E-state index is 12.4. The molecule has 1 aromatic carbocycles. The largest absolute Gasteiger partial charge is 0.528 e. The van der Waals surface area contributed by atoms with E-state index in [1.165, 1.54) is 5.69 Å². The zero-order valence-electron chi connectivity index (χ0n) is 20.3. The normalized spacial score (nSPS) is 20.5. The van der Waals surface area contributed by atoms with Crippen LogP contribution in [0.3, 0.4) is 0 Å². The van der Waals surface area contributed by atoms with Crippen molar-refractivity contribution in [2.45, 2.75) is 77.0 Å². The average molecular weight is 496 g/mol. The highest BCUT2D eigenvalue weighted by Gasteiger charge is 2.32. The van der Waals surface area contributed by atoms with Crippen LogP contribution in [0.15, 0.2) is 42.6 Å². The van der Waals surface area contributed by atoms with Gasteiger partial charge in [0, 0.05) is 28.7 Å². The standard InChI is InChI=1S/C26H30ClN5O3/c1-26(2,3)34-25(33)35-31-15-19-14-20(27)11-12-22(19)32-23(16-31)29-30-24(32)18-9-7-17(8-10-18)21-6-4-5-13-28-21/h4-6,11-14,17-18H,7-10,15-16H2,1-3H3/t17-,18-. The van der Waals surface area contributed by atoms with Crippen LogP contribution in [0.4, 0.5) is 4.79 Å². The van der Waals surface area contributed by atoms with Crippen molar-refractivity contribution in [1.82, 2.24) is 24.8 Å². The molecule has 1 aliphatic carbocycles. The molecule has 2 aliphatic rings. The van der Waals surface area contributed by atoms with Crippen molar-refractivity contribution >= 4 is 17.8 Å². The second-order valence-corrected chi connectivity index (χ2v) is 10.7. The number of nitrogens with zero attached hydrogens (tertiary/aromatic N) is 5. The van der Waals surface area contributed by atoms with Crippen molar-refractivity contribution in [2.24, 2.45) is 0 Å². The Bertz CT molecular complexity index is 1200. The highest BCUT2D eigenvalue weighted by molar-refractivity contribution is 6.30. The van der Waals surface area contributed by atoms with Gasteiger partial charge in [-0.25, -0.2) is 4.79 Å². The summed E-state index contributed by atoms with van der Waals surface area (Å²) < 4.78 is 7.47. The lowest BCUT2D eigenvalue weighted by atomic mass is 9.80. The first-order valence-electron chi connectivity index (χ1n) is 12.1. The first kappa shape index (κ1) is 23.8. The number of hydrogen-bond donors (Lipinski definition) is 0. The fourth-order valence-corrected chi connectivity index (χ4v) is 5.16. The molecule has 0 saturated heterocycles. The van der Waals surface area contributed by atoms with Gasteiger partial charge in [0.25, 0.3) is 0 Å². The summed E-state index contributed by atoms with van der Waals surface area (Å²) in [6, 6.07) is 11.9. The lowest BCUT2D eigenvalue weighted by Gasteiger charge is -2.28. The van der Waals surface area contributed by atoms with Crippen LogP contribution in [0.25, 0.3) is 5.69 Å². The predicted molar refractivity (Wildman–Crippen MR) is 131 cm³/mol. The van der Waals surface area contributed by atoms with Gasteiger partial charge >= 0.3 is 6.16 Å². The topological polar surface area (TPSA) is 82.4 Å². The van der Waals surface area contributed by atoms with E-state index in [4.69, 9.17) is 21.2 Å². The molecule has 1 fully saturated rings. The zero-order valence-corrected chi connectivity index (χ0v) is 21.0. The molecule has 3 aromatic rings. The second-order valence-electron chi connectivity index (χ2n) is 10.2. The number of benzene rings is 1. The second kappa shape index (κ2) is 9.59. The van der Waals surface area contributed by atoms with E-state index in [0.29, 0.717) is 24.0 Å². The molecule has 0 N–H and O–H groups in total. The van der Waals surface area contributed by atoms with Crippen molar-refractivity contribution in [3.05, 3.63) is 70.5 Å². The lowest BCUT2D eigenvalue weighted by molar-refractivity contribution is -0.155. The predicted octanol–water partition coefficient (Wildman–Crippen LogP) is 5.94. The van der Waals surface area contributed by atoms with Crippen molar-refractivity contribution in [2.75, 3.05) is 0 Å². The Hall–Kier alpha value is -2.97. The Labute approximate surface area is 210 Å². The van der Waals surface area contributed by atoms with Gasteiger partial charge in [0.2, 0.25) is 0 Å². The van der Waals surface area contributed by atoms with E-state index in [9.17, 15) is 4.79 Å². The molecule has 0 unspecified atom stereocenters. The molecule has 8 nitrogen and oxygen atoms in total. The summed E-state index contributed by atoms with van der Waals surface area (Å²) in [5, 5.41) is 11.3. The number of halogens is 1. The van der Waals surface area contributed by atoms with Crippen molar-refractivity contribution in [3.63, 3.8) is 0 Å². The maximum absolute atomic E-state index is 12.4. The minimum absolute atomic E-state index is 0.290. The van der Waals surface area contributed by atoms with Gasteiger partial charge in [0.15, 0.2) is 5.82 Å². The summed E-state index contributed by atoms with van der Waals surface area (Å²) in [4.78, 5) is 22.5. The quantitative estimate of drug-likeness (QED) is 0.416. The van der Waals surface area contributed by atoms with Crippen LogP contribution in [0, 0.1) is 0 Å². The molecule has 9 heteroatoms. The monoisotopic (exact) mass is 495 g/mol. The number of aromatic nitrogens is 4. The van der Waals surface area contributed by atoms with Crippen LogP contribution < -0.4 is 0 Å². The third-order valence-corrected chi connectivity index (χ3v) is 6.73. The van der Waals surface area contributed by atoms with Gasteiger partial charge in [-0.3, -0.25) is 9.55 Å². The Morgan fingerprint density at radius 1 is 1.03 bits per heavy atom. The molecule has 1 aliphatic heterocycles. The Morgan fingerprint density at radius 2 is 1.80 bits per heavy atom. The number of carbonyl (C=O) groups excluding carboxylic acids is 1. The first-order chi connectivity index (χ1) is 16.8. The molecule has 0 radical (unpaired) electrons. The van der Waals surface area contributed by atoms with E-state index in [0.717, 1.165) is 48.6 Å². The van der Waals surface area contributed by atoms with Crippen LogP contribution in [-0.2, 0) is 22.7 Å². The van der Waals surface area contributed by atoms with Gasteiger partial charge in [-0.1, -0.05) is 17.7 Å². The minimum Gasteiger partial charge on any atom is -0.427 e. The fraction of sp³-hybridized carbons (Fsp3) is 0.462. The van der Waals surface area contributed by atoms with Gasteiger partial charge in [-0.05, 0) is 82.3 Å². The van der Waals surface area contributed by atoms with E-state index in [1.54, 1.807) is 25.8 Å². The minimum atomic E-state index is -0.748. The van der Waals surface area contributed by atoms with Crippen LogP contribution in [-0.4, -0.2) is 36.6 Å². The van der Waals surface area contributed by atoms with Crippen molar-refractivity contribution in [3.8, 4) is 5.69 Å². The van der Waals surface area contributed by atoms with E-state index in [-0.39, 0.29) is 5.92 Å². The number of carbonyl (C=O) groups is 1. The highest BCUT2D eigenvalue weighted by Crippen LogP contribution is 2.41. The number of hydroxylamine groups is 2. The van der Waals surface area contributed by atoms with Gasteiger partial charge in [0.1, 0.15) is 11.4 Å². The Morgan fingerprint density at radius 3 is 2.51 bits per heavy atom. The Balaban J connectivity index is 1.41. The van der Waals surface area contributed by atoms with Gasteiger partial charge in [0.05, 0.1) is 18.8 Å². The molecule has 1 saturated carbocycles. The third-order valence-electron chi connectivity index (χ3n) is 6.49. The van der Waals surface area contributed by atoms with Crippen LogP contribution in [0.5, 0.6) is 0 Å². The summed E-state index contributed by atoms with van der Waals surface area (Å²) in [6.07, 6.45) is 5.27. The van der Waals surface area contributed by atoms with Gasteiger partial charge in [-0.15, -0.1) is 15.3 Å². The summed E-state index contributed by atoms with van der Waals surface area (Å²) in [5.74, 6) is 2.43. The number of ether oxygens (including phenoxy) is 1. The average Bonchev–Trinajstić information content (AvgIpc) is 3.15. The van der Waals surface area contributed by atoms with Gasteiger partial charge < -0.3 is 9.57 Å². The van der Waals surface area contributed by atoms with E-state index in [2.05, 4.69) is 31.9 Å². The van der Waals surface area contributed by atoms with Crippen LogP contribution in [0.2, 0.25) is 5.02 Å². The zero-order chi connectivity index (χ0) is 24.6. The molecule has 2 aromatic heterocycles. The molecular weight excluding hydrogens is 466 g/mol. The van der Waals surface area contributed by atoms with Gasteiger partial charge in [-0.2, -0.15) is 0 Å². The summed E-state index contributed by atoms with van der Waals surface area (Å²) >= 11 is 6.34. The maximum Gasteiger partial charge on any atom is 0.528 e.